The van der Waals surface area contributed by atoms with Crippen LogP contribution in [-0.2, 0) is 15.7 Å². The molecule has 1 aliphatic rings. The van der Waals surface area contributed by atoms with Gasteiger partial charge < -0.3 is 14.7 Å². The summed E-state index contributed by atoms with van der Waals surface area (Å²) in [5.74, 6) is 0.756. The molecule has 2 aromatic rings. The lowest BCUT2D eigenvalue weighted by atomic mass is 10.0. The van der Waals surface area contributed by atoms with Crippen molar-refractivity contribution in [3.8, 4) is 5.75 Å². The molecular formula is C19H21Cl2N3O4S2. The van der Waals surface area contributed by atoms with Gasteiger partial charge in [-0.2, -0.15) is 0 Å². The topological polar surface area (TPSA) is 82.4 Å². The molecule has 2 aromatic carbocycles. The SMILES string of the molecule is COc1cc(Cl)ccc1N=C1SCC(O)(c2ccc(Cl)c(S(=O)(=O)N(C)C)c2)N1C. The van der Waals surface area contributed by atoms with E-state index >= 15 is 0 Å². The van der Waals surface area contributed by atoms with Crippen LogP contribution in [0.3, 0.4) is 0 Å². The number of hydrogen-bond acceptors (Lipinski definition) is 6. The minimum absolute atomic E-state index is 0.0664. The van der Waals surface area contributed by atoms with Crippen molar-refractivity contribution in [1.29, 1.82) is 0 Å². The van der Waals surface area contributed by atoms with Crippen molar-refractivity contribution in [2.75, 3.05) is 34.0 Å². The molecule has 0 amide bonds. The lowest BCUT2D eigenvalue weighted by Gasteiger charge is -2.31. The molecule has 7 nitrogen and oxygen atoms in total. The Kier molecular flexibility index (Phi) is 6.62. The van der Waals surface area contributed by atoms with Crippen LogP contribution in [0.1, 0.15) is 5.56 Å². The van der Waals surface area contributed by atoms with E-state index in [1.807, 2.05) is 0 Å². The second-order valence-electron chi connectivity index (χ2n) is 6.81. The lowest BCUT2D eigenvalue weighted by molar-refractivity contribution is -0.0349. The summed E-state index contributed by atoms with van der Waals surface area (Å²) in [6.07, 6.45) is 0. The zero-order valence-electron chi connectivity index (χ0n) is 16.8. The van der Waals surface area contributed by atoms with Crippen LogP contribution in [0.2, 0.25) is 10.0 Å². The summed E-state index contributed by atoms with van der Waals surface area (Å²) in [4.78, 5) is 6.13. The highest BCUT2D eigenvalue weighted by Gasteiger charge is 2.43. The summed E-state index contributed by atoms with van der Waals surface area (Å²) in [5, 5.41) is 12.5. The highest BCUT2D eigenvalue weighted by molar-refractivity contribution is 8.14. The molecule has 0 bridgehead atoms. The molecular weight excluding hydrogens is 469 g/mol. The van der Waals surface area contributed by atoms with Crippen molar-refractivity contribution in [3.63, 3.8) is 0 Å². The van der Waals surface area contributed by atoms with Crippen LogP contribution in [0.25, 0.3) is 0 Å². The first-order valence-corrected chi connectivity index (χ1v) is 11.9. The van der Waals surface area contributed by atoms with Gasteiger partial charge in [0.2, 0.25) is 10.0 Å². The number of aliphatic hydroxyl groups is 1. The molecule has 0 saturated carbocycles. The Labute approximate surface area is 190 Å². The van der Waals surface area contributed by atoms with Crippen LogP contribution >= 0.6 is 35.0 Å². The first-order chi connectivity index (χ1) is 14.0. The predicted molar refractivity (Wildman–Crippen MR) is 122 cm³/mol. The fraction of sp³-hybridized carbons (Fsp3) is 0.316. The quantitative estimate of drug-likeness (QED) is 0.688. The number of sulfonamides is 1. The molecule has 30 heavy (non-hydrogen) atoms. The van der Waals surface area contributed by atoms with Gasteiger partial charge in [0.1, 0.15) is 16.3 Å². The summed E-state index contributed by atoms with van der Waals surface area (Å²) >= 11 is 13.5. The highest BCUT2D eigenvalue weighted by Crippen LogP contribution is 2.41. The molecule has 3 rings (SSSR count). The van der Waals surface area contributed by atoms with Crippen molar-refractivity contribution < 1.29 is 18.3 Å². The Hall–Kier alpha value is -1.49. The van der Waals surface area contributed by atoms with Gasteiger partial charge in [0.25, 0.3) is 0 Å². The van der Waals surface area contributed by atoms with E-state index in [1.54, 1.807) is 36.2 Å². The Morgan fingerprint density at radius 2 is 1.93 bits per heavy atom. The van der Waals surface area contributed by atoms with Gasteiger partial charge in [0.15, 0.2) is 10.9 Å². The molecule has 1 heterocycles. The van der Waals surface area contributed by atoms with Crippen molar-refractivity contribution in [2.24, 2.45) is 4.99 Å². The summed E-state index contributed by atoms with van der Waals surface area (Å²) in [6, 6.07) is 9.57. The van der Waals surface area contributed by atoms with Crippen LogP contribution in [0.5, 0.6) is 5.75 Å². The predicted octanol–water partition coefficient (Wildman–Crippen LogP) is 3.76. The number of rotatable bonds is 5. The third-order valence-corrected chi connectivity index (χ3v) is 8.46. The smallest absolute Gasteiger partial charge is 0.244 e. The zero-order valence-corrected chi connectivity index (χ0v) is 19.9. The average Bonchev–Trinajstić information content (AvgIpc) is 2.98. The number of ether oxygens (including phenoxy) is 1. The van der Waals surface area contributed by atoms with E-state index in [0.717, 1.165) is 4.31 Å². The zero-order chi connectivity index (χ0) is 22.3. The Morgan fingerprint density at radius 1 is 1.23 bits per heavy atom. The number of nitrogens with zero attached hydrogens (tertiary/aromatic N) is 3. The standard InChI is InChI=1S/C19H21Cl2N3O4S2/c1-23(2)30(26,27)17-9-12(5-7-14(17)21)19(25)11-29-18(24(19)3)22-15-8-6-13(20)10-16(15)28-4/h5-10,25H,11H2,1-4H3. The summed E-state index contributed by atoms with van der Waals surface area (Å²) in [5.41, 5.74) is -0.507. The number of benzene rings is 2. The molecule has 1 aliphatic heterocycles. The number of aliphatic imine (C=N–C) groups is 1. The molecule has 0 spiro atoms. The first-order valence-electron chi connectivity index (χ1n) is 8.74. The van der Waals surface area contributed by atoms with Crippen LogP contribution in [0, 0.1) is 0 Å². The molecule has 0 aliphatic carbocycles. The van der Waals surface area contributed by atoms with Gasteiger partial charge in [-0.15, -0.1) is 0 Å². The molecule has 11 heteroatoms. The van der Waals surface area contributed by atoms with E-state index in [0.29, 0.717) is 27.2 Å². The number of amidine groups is 1. The Morgan fingerprint density at radius 3 is 2.57 bits per heavy atom. The monoisotopic (exact) mass is 489 g/mol. The van der Waals surface area contributed by atoms with E-state index < -0.39 is 15.7 Å². The molecule has 1 unspecified atom stereocenters. The minimum atomic E-state index is -3.77. The Bertz CT molecular complexity index is 1110. The van der Waals surface area contributed by atoms with Crippen LogP contribution in [-0.4, -0.2) is 61.9 Å². The number of halogens is 2. The van der Waals surface area contributed by atoms with E-state index in [9.17, 15) is 13.5 Å². The van der Waals surface area contributed by atoms with E-state index in [2.05, 4.69) is 4.99 Å². The van der Waals surface area contributed by atoms with Gasteiger partial charge >= 0.3 is 0 Å². The summed E-state index contributed by atoms with van der Waals surface area (Å²) in [7, 11) is 2.29. The average molecular weight is 490 g/mol. The third kappa shape index (κ3) is 4.15. The van der Waals surface area contributed by atoms with Crippen LogP contribution in [0.15, 0.2) is 46.3 Å². The Balaban J connectivity index is 2.02. The highest BCUT2D eigenvalue weighted by atomic mass is 35.5. The van der Waals surface area contributed by atoms with Gasteiger partial charge in [0, 0.05) is 37.8 Å². The normalized spacial score (nSPS) is 20.9. The van der Waals surface area contributed by atoms with E-state index in [4.69, 9.17) is 27.9 Å². The van der Waals surface area contributed by atoms with Crippen molar-refractivity contribution >= 4 is 55.8 Å². The molecule has 0 radical (unpaired) electrons. The van der Waals surface area contributed by atoms with E-state index in [1.165, 1.54) is 45.1 Å². The van der Waals surface area contributed by atoms with Crippen LogP contribution < -0.4 is 4.74 Å². The number of methoxy groups -OCH3 is 1. The maximum Gasteiger partial charge on any atom is 0.244 e. The van der Waals surface area contributed by atoms with Gasteiger partial charge in [0.05, 0.1) is 17.9 Å². The molecule has 162 valence electrons. The van der Waals surface area contributed by atoms with Gasteiger partial charge in [-0.1, -0.05) is 41.0 Å². The number of hydrogen-bond donors (Lipinski definition) is 1. The number of thioether (sulfide) groups is 1. The molecule has 1 atom stereocenters. The molecule has 1 fully saturated rings. The minimum Gasteiger partial charge on any atom is -0.494 e. The summed E-state index contributed by atoms with van der Waals surface area (Å²) < 4.78 is 31.6. The maximum atomic E-state index is 12.6. The second kappa shape index (κ2) is 8.57. The van der Waals surface area contributed by atoms with Crippen molar-refractivity contribution in [1.82, 2.24) is 9.21 Å². The molecule has 1 saturated heterocycles. The first kappa shape index (κ1) is 23.2. The lowest BCUT2D eigenvalue weighted by Crippen LogP contribution is -2.42. The van der Waals surface area contributed by atoms with Gasteiger partial charge in [-0.3, -0.25) is 0 Å². The third-order valence-electron chi connectivity index (χ3n) is 4.75. The van der Waals surface area contributed by atoms with Gasteiger partial charge in [-0.25, -0.2) is 17.7 Å². The molecule has 0 aromatic heterocycles. The van der Waals surface area contributed by atoms with Crippen molar-refractivity contribution in [2.45, 2.75) is 10.6 Å². The van der Waals surface area contributed by atoms with Gasteiger partial charge in [-0.05, 0) is 24.3 Å². The largest absolute Gasteiger partial charge is 0.494 e. The maximum absolute atomic E-state index is 12.6. The van der Waals surface area contributed by atoms with Crippen molar-refractivity contribution in [3.05, 3.63) is 52.0 Å². The fourth-order valence-electron chi connectivity index (χ4n) is 2.89. The molecule has 1 N–H and O–H groups in total. The summed E-state index contributed by atoms with van der Waals surface area (Å²) in [6.45, 7) is 0. The second-order valence-corrected chi connectivity index (χ2v) is 10.7. The van der Waals surface area contributed by atoms with Crippen LogP contribution in [0.4, 0.5) is 5.69 Å². The van der Waals surface area contributed by atoms with E-state index in [-0.39, 0.29) is 15.7 Å². The fourth-order valence-corrected chi connectivity index (χ4v) is 5.65.